The molecule has 1 aromatic carbocycles. The van der Waals surface area contributed by atoms with E-state index in [0.29, 0.717) is 29.2 Å². The Morgan fingerprint density at radius 2 is 2.21 bits per heavy atom. The van der Waals surface area contributed by atoms with E-state index in [4.69, 9.17) is 11.6 Å². The Bertz CT molecular complexity index is 525. The van der Waals surface area contributed by atoms with E-state index in [-0.39, 0.29) is 0 Å². The summed E-state index contributed by atoms with van der Waals surface area (Å²) in [4.78, 5) is 13.2. The zero-order valence-electron chi connectivity index (χ0n) is 10.5. The Kier molecular flexibility index (Phi) is 4.28. The van der Waals surface area contributed by atoms with Crippen molar-refractivity contribution in [1.29, 1.82) is 5.26 Å². The Hall–Kier alpha value is -1.73. The summed E-state index contributed by atoms with van der Waals surface area (Å²) in [5.41, 5.74) is 0.988. The minimum Gasteiger partial charge on any atom is -0.480 e. The van der Waals surface area contributed by atoms with Gasteiger partial charge in [-0.25, -0.2) is 4.79 Å². The first-order chi connectivity index (χ1) is 9.15. The summed E-state index contributed by atoms with van der Waals surface area (Å²) in [6, 6.07) is 6.67. The molecule has 0 amide bonds. The molecule has 1 fully saturated rings. The molecule has 1 aromatic rings. The number of hydrogen-bond donors (Lipinski definition) is 1. The molecule has 1 unspecified atom stereocenters. The van der Waals surface area contributed by atoms with Crippen LogP contribution < -0.4 is 4.90 Å². The number of rotatable bonds is 2. The summed E-state index contributed by atoms with van der Waals surface area (Å²) in [6.07, 6.45) is 3.45. The largest absolute Gasteiger partial charge is 0.480 e. The van der Waals surface area contributed by atoms with Crippen LogP contribution in [0.2, 0.25) is 5.02 Å². The predicted molar refractivity (Wildman–Crippen MR) is 73.4 cm³/mol. The van der Waals surface area contributed by atoms with Crippen molar-refractivity contribution in [1.82, 2.24) is 0 Å². The van der Waals surface area contributed by atoms with Gasteiger partial charge in [0.05, 0.1) is 16.3 Å². The van der Waals surface area contributed by atoms with Crippen LogP contribution in [-0.2, 0) is 4.79 Å². The molecule has 0 bridgehead atoms. The first-order valence-corrected chi connectivity index (χ1v) is 6.71. The number of hydrogen-bond acceptors (Lipinski definition) is 3. The van der Waals surface area contributed by atoms with Crippen molar-refractivity contribution in [3.05, 3.63) is 28.8 Å². The predicted octanol–water partition coefficient (Wildman–Crippen LogP) is 3.05. The molecule has 1 heterocycles. The average Bonchev–Trinajstić information content (AvgIpc) is 2.63. The molecule has 1 aliphatic heterocycles. The number of halogens is 1. The number of aliphatic carboxylic acids is 1. The fourth-order valence-electron chi connectivity index (χ4n) is 2.52. The second kappa shape index (κ2) is 5.94. The van der Waals surface area contributed by atoms with Gasteiger partial charge in [-0.15, -0.1) is 0 Å². The molecule has 19 heavy (non-hydrogen) atoms. The summed E-state index contributed by atoms with van der Waals surface area (Å²) in [7, 11) is 0. The van der Waals surface area contributed by atoms with Crippen LogP contribution in [0.1, 0.15) is 31.2 Å². The minimum atomic E-state index is -0.842. The molecule has 100 valence electrons. The standard InChI is InChI=1S/C14H15ClN2O2/c15-11-5-4-7-12(10(11)9-16)17-8-3-1-2-6-13(17)14(18)19/h4-5,7,13H,1-3,6,8H2,(H,18,19). The van der Waals surface area contributed by atoms with Crippen molar-refractivity contribution in [2.75, 3.05) is 11.4 Å². The van der Waals surface area contributed by atoms with Gasteiger partial charge in [0, 0.05) is 6.54 Å². The van der Waals surface area contributed by atoms with Crippen LogP contribution >= 0.6 is 11.6 Å². The SMILES string of the molecule is N#Cc1c(Cl)cccc1N1CCCCCC1C(=O)O. The Labute approximate surface area is 117 Å². The molecular formula is C14H15ClN2O2. The van der Waals surface area contributed by atoms with Gasteiger partial charge < -0.3 is 10.0 Å². The minimum absolute atomic E-state index is 0.359. The fraction of sp³-hybridized carbons (Fsp3) is 0.429. The highest BCUT2D eigenvalue weighted by atomic mass is 35.5. The van der Waals surface area contributed by atoms with E-state index in [9.17, 15) is 15.2 Å². The molecule has 1 atom stereocenters. The van der Waals surface area contributed by atoms with E-state index in [2.05, 4.69) is 6.07 Å². The lowest BCUT2D eigenvalue weighted by Gasteiger charge is -2.30. The van der Waals surface area contributed by atoms with Crippen molar-refractivity contribution in [2.45, 2.75) is 31.7 Å². The molecule has 0 aliphatic carbocycles. The summed E-state index contributed by atoms with van der Waals surface area (Å²) in [6.45, 7) is 0.645. The van der Waals surface area contributed by atoms with Crippen LogP contribution in [0, 0.1) is 11.3 Å². The highest BCUT2D eigenvalue weighted by Crippen LogP contribution is 2.31. The van der Waals surface area contributed by atoms with Crippen molar-refractivity contribution >= 4 is 23.3 Å². The molecule has 4 nitrogen and oxygen atoms in total. The third-order valence-electron chi connectivity index (χ3n) is 3.45. The van der Waals surface area contributed by atoms with Crippen LogP contribution in [0.5, 0.6) is 0 Å². The summed E-state index contributed by atoms with van der Waals surface area (Å²) >= 11 is 6.02. The fourth-order valence-corrected chi connectivity index (χ4v) is 2.73. The van der Waals surface area contributed by atoms with Gasteiger partial charge in [-0.05, 0) is 25.0 Å². The second-order valence-electron chi connectivity index (χ2n) is 4.64. The number of nitriles is 1. The van der Waals surface area contributed by atoms with Gasteiger partial charge in [0.1, 0.15) is 12.1 Å². The van der Waals surface area contributed by atoms with Gasteiger partial charge >= 0.3 is 5.97 Å². The Morgan fingerprint density at radius 1 is 1.42 bits per heavy atom. The van der Waals surface area contributed by atoms with Crippen molar-refractivity contribution in [3.8, 4) is 6.07 Å². The third kappa shape index (κ3) is 2.82. The maximum atomic E-state index is 11.4. The lowest BCUT2D eigenvalue weighted by Crippen LogP contribution is -2.41. The van der Waals surface area contributed by atoms with Crippen LogP contribution in [0.3, 0.4) is 0 Å². The van der Waals surface area contributed by atoms with Gasteiger partial charge in [-0.2, -0.15) is 5.26 Å². The van der Waals surface area contributed by atoms with Crippen LogP contribution in [-0.4, -0.2) is 23.7 Å². The number of carboxylic acid groups (broad SMARTS) is 1. The van der Waals surface area contributed by atoms with E-state index < -0.39 is 12.0 Å². The van der Waals surface area contributed by atoms with Gasteiger partial charge in [0.15, 0.2) is 0 Å². The van der Waals surface area contributed by atoms with Crippen LogP contribution in [0.15, 0.2) is 18.2 Å². The molecule has 5 heteroatoms. The van der Waals surface area contributed by atoms with E-state index in [1.165, 1.54) is 0 Å². The third-order valence-corrected chi connectivity index (χ3v) is 3.77. The van der Waals surface area contributed by atoms with E-state index in [0.717, 1.165) is 19.3 Å². The zero-order valence-corrected chi connectivity index (χ0v) is 11.2. The maximum Gasteiger partial charge on any atom is 0.326 e. The maximum absolute atomic E-state index is 11.4. The second-order valence-corrected chi connectivity index (χ2v) is 5.05. The van der Waals surface area contributed by atoms with Gasteiger partial charge in [0.2, 0.25) is 0 Å². The molecule has 0 saturated carbocycles. The van der Waals surface area contributed by atoms with Gasteiger partial charge in [-0.1, -0.05) is 30.5 Å². The smallest absolute Gasteiger partial charge is 0.326 e. The quantitative estimate of drug-likeness (QED) is 0.903. The Morgan fingerprint density at radius 3 is 2.89 bits per heavy atom. The van der Waals surface area contributed by atoms with Crippen LogP contribution in [0.4, 0.5) is 5.69 Å². The molecule has 0 spiro atoms. The normalized spacial score (nSPS) is 19.6. The zero-order chi connectivity index (χ0) is 13.8. The molecule has 2 rings (SSSR count). The summed E-state index contributed by atoms with van der Waals surface area (Å²) in [5, 5.41) is 19.0. The van der Waals surface area contributed by atoms with Crippen molar-refractivity contribution in [3.63, 3.8) is 0 Å². The Balaban J connectivity index is 2.45. The summed E-state index contributed by atoms with van der Waals surface area (Å²) in [5.74, 6) is -0.842. The number of benzene rings is 1. The molecule has 0 aromatic heterocycles. The number of nitrogens with zero attached hydrogens (tertiary/aromatic N) is 2. The first kappa shape index (κ1) is 13.7. The molecule has 1 saturated heterocycles. The van der Waals surface area contributed by atoms with Gasteiger partial charge in [-0.3, -0.25) is 0 Å². The lowest BCUT2D eigenvalue weighted by molar-refractivity contribution is -0.138. The summed E-state index contributed by atoms with van der Waals surface area (Å²) < 4.78 is 0. The number of carboxylic acids is 1. The van der Waals surface area contributed by atoms with E-state index in [1.807, 2.05) is 0 Å². The molecule has 1 aliphatic rings. The highest BCUT2D eigenvalue weighted by Gasteiger charge is 2.29. The van der Waals surface area contributed by atoms with Crippen molar-refractivity contribution < 1.29 is 9.90 Å². The monoisotopic (exact) mass is 278 g/mol. The lowest BCUT2D eigenvalue weighted by atomic mass is 10.1. The molecule has 0 radical (unpaired) electrons. The van der Waals surface area contributed by atoms with E-state index >= 15 is 0 Å². The highest BCUT2D eigenvalue weighted by molar-refractivity contribution is 6.32. The average molecular weight is 279 g/mol. The molecule has 1 N–H and O–H groups in total. The van der Waals surface area contributed by atoms with Crippen LogP contribution in [0.25, 0.3) is 0 Å². The number of carbonyl (C=O) groups is 1. The first-order valence-electron chi connectivity index (χ1n) is 6.33. The van der Waals surface area contributed by atoms with Gasteiger partial charge in [0.25, 0.3) is 0 Å². The van der Waals surface area contributed by atoms with Crippen molar-refractivity contribution in [2.24, 2.45) is 0 Å². The van der Waals surface area contributed by atoms with E-state index in [1.54, 1.807) is 23.1 Å². The molecular weight excluding hydrogens is 264 g/mol. The number of anilines is 1. The topological polar surface area (TPSA) is 64.3 Å².